The predicted octanol–water partition coefficient (Wildman–Crippen LogP) is 3.36. The summed E-state index contributed by atoms with van der Waals surface area (Å²) >= 11 is 0. The third-order valence-electron chi connectivity index (χ3n) is 3.41. The number of rotatable bonds is 7. The quantitative estimate of drug-likeness (QED) is 0.673. The Morgan fingerprint density at radius 2 is 1.88 bits per heavy atom. The first-order valence-corrected chi connectivity index (χ1v) is 6.99. The van der Waals surface area contributed by atoms with Crippen LogP contribution >= 0.6 is 0 Å². The summed E-state index contributed by atoms with van der Waals surface area (Å²) in [7, 11) is 0. The second-order valence-electron chi connectivity index (χ2n) is 5.75. The average molecular weight is 227 g/mol. The minimum absolute atomic E-state index is 0.00732. The number of ether oxygens (including phenoxy) is 1. The molecule has 0 aliphatic heterocycles. The first kappa shape index (κ1) is 14.0. The van der Waals surface area contributed by atoms with Crippen LogP contribution in [0.1, 0.15) is 59.3 Å². The highest BCUT2D eigenvalue weighted by Gasteiger charge is 2.21. The molecule has 1 aliphatic carbocycles. The maximum absolute atomic E-state index is 6.05. The fourth-order valence-electron chi connectivity index (χ4n) is 2.31. The summed E-state index contributed by atoms with van der Waals surface area (Å²) in [6.07, 6.45) is 8.18. The second-order valence-corrected chi connectivity index (χ2v) is 5.75. The lowest BCUT2D eigenvalue weighted by atomic mass is 9.90. The predicted molar refractivity (Wildman–Crippen MR) is 69.8 cm³/mol. The van der Waals surface area contributed by atoms with Crippen LogP contribution in [-0.4, -0.2) is 25.3 Å². The highest BCUT2D eigenvalue weighted by Crippen LogP contribution is 2.25. The second kappa shape index (κ2) is 7.29. The Morgan fingerprint density at radius 1 is 1.19 bits per heavy atom. The van der Waals surface area contributed by atoms with Crippen molar-refractivity contribution in [2.24, 2.45) is 5.92 Å². The van der Waals surface area contributed by atoms with Crippen molar-refractivity contribution in [1.82, 2.24) is 5.32 Å². The van der Waals surface area contributed by atoms with Crippen LogP contribution in [0.3, 0.4) is 0 Å². The van der Waals surface area contributed by atoms with Crippen LogP contribution in [0.25, 0.3) is 0 Å². The van der Waals surface area contributed by atoms with E-state index in [0.717, 1.165) is 25.6 Å². The topological polar surface area (TPSA) is 21.3 Å². The third kappa shape index (κ3) is 5.86. The van der Waals surface area contributed by atoms with Crippen LogP contribution in [0.5, 0.6) is 0 Å². The number of hydrogen-bond acceptors (Lipinski definition) is 2. The average Bonchev–Trinajstić information content (AvgIpc) is 2.28. The molecule has 0 aromatic heterocycles. The Morgan fingerprint density at radius 3 is 2.50 bits per heavy atom. The molecule has 0 spiro atoms. The van der Waals surface area contributed by atoms with Crippen molar-refractivity contribution in [3.63, 3.8) is 0 Å². The summed E-state index contributed by atoms with van der Waals surface area (Å²) in [5.74, 6) is 0.819. The SMILES string of the molecule is CCCNCC(C)(C)OCC1CCCCC1. The van der Waals surface area contributed by atoms with E-state index in [-0.39, 0.29) is 5.60 Å². The standard InChI is InChI=1S/C14H29NO/c1-4-10-15-12-14(2,3)16-11-13-8-6-5-7-9-13/h13,15H,4-12H2,1-3H3. The van der Waals surface area contributed by atoms with E-state index in [0.29, 0.717) is 0 Å². The van der Waals surface area contributed by atoms with Crippen LogP contribution in [0.2, 0.25) is 0 Å². The third-order valence-corrected chi connectivity index (χ3v) is 3.41. The van der Waals surface area contributed by atoms with Crippen LogP contribution in [0.4, 0.5) is 0 Å². The molecule has 1 fully saturated rings. The summed E-state index contributed by atoms with van der Waals surface area (Å²) in [6, 6.07) is 0. The van der Waals surface area contributed by atoms with Gasteiger partial charge in [0.05, 0.1) is 12.2 Å². The van der Waals surface area contributed by atoms with E-state index in [1.807, 2.05) is 0 Å². The van der Waals surface area contributed by atoms with E-state index < -0.39 is 0 Å². The van der Waals surface area contributed by atoms with Crippen molar-refractivity contribution in [2.45, 2.75) is 64.9 Å². The van der Waals surface area contributed by atoms with E-state index in [1.54, 1.807) is 0 Å². The maximum atomic E-state index is 6.05. The summed E-state index contributed by atoms with van der Waals surface area (Å²) in [6.45, 7) is 9.60. The van der Waals surface area contributed by atoms with Crippen LogP contribution in [-0.2, 0) is 4.74 Å². The molecular formula is C14H29NO. The zero-order valence-electron chi connectivity index (χ0n) is 11.3. The molecule has 0 aromatic rings. The molecule has 0 amide bonds. The lowest BCUT2D eigenvalue weighted by Crippen LogP contribution is -2.39. The van der Waals surface area contributed by atoms with Gasteiger partial charge in [-0.25, -0.2) is 0 Å². The summed E-state index contributed by atoms with van der Waals surface area (Å²) in [5, 5.41) is 3.44. The number of hydrogen-bond donors (Lipinski definition) is 1. The van der Waals surface area contributed by atoms with Gasteiger partial charge in [0.1, 0.15) is 0 Å². The number of nitrogens with one attached hydrogen (secondary N) is 1. The first-order chi connectivity index (χ1) is 7.64. The van der Waals surface area contributed by atoms with Crippen molar-refractivity contribution in [3.8, 4) is 0 Å². The molecule has 0 bridgehead atoms. The highest BCUT2D eigenvalue weighted by atomic mass is 16.5. The van der Waals surface area contributed by atoms with Gasteiger partial charge < -0.3 is 10.1 Å². The molecule has 1 aliphatic rings. The van der Waals surface area contributed by atoms with Gasteiger partial charge in [-0.2, -0.15) is 0 Å². The van der Waals surface area contributed by atoms with Gasteiger partial charge in [0.25, 0.3) is 0 Å². The van der Waals surface area contributed by atoms with E-state index in [2.05, 4.69) is 26.1 Å². The first-order valence-electron chi connectivity index (χ1n) is 6.99. The monoisotopic (exact) mass is 227 g/mol. The molecule has 2 nitrogen and oxygen atoms in total. The van der Waals surface area contributed by atoms with Gasteiger partial charge in [0.2, 0.25) is 0 Å². The molecule has 96 valence electrons. The van der Waals surface area contributed by atoms with Crippen molar-refractivity contribution in [1.29, 1.82) is 0 Å². The maximum Gasteiger partial charge on any atom is 0.0750 e. The molecule has 0 radical (unpaired) electrons. The van der Waals surface area contributed by atoms with Crippen LogP contribution in [0, 0.1) is 5.92 Å². The Bertz CT molecular complexity index is 174. The molecule has 0 saturated heterocycles. The summed E-state index contributed by atoms with van der Waals surface area (Å²) in [4.78, 5) is 0. The minimum atomic E-state index is -0.00732. The van der Waals surface area contributed by atoms with Crippen LogP contribution < -0.4 is 5.32 Å². The summed E-state index contributed by atoms with van der Waals surface area (Å²) < 4.78 is 6.05. The molecular weight excluding hydrogens is 198 g/mol. The molecule has 0 aromatic carbocycles. The van der Waals surface area contributed by atoms with Crippen molar-refractivity contribution < 1.29 is 4.74 Å². The fourth-order valence-corrected chi connectivity index (χ4v) is 2.31. The van der Waals surface area contributed by atoms with Gasteiger partial charge in [0, 0.05) is 6.54 Å². The molecule has 16 heavy (non-hydrogen) atoms. The van der Waals surface area contributed by atoms with Gasteiger partial charge in [-0.3, -0.25) is 0 Å². The Balaban J connectivity index is 2.13. The largest absolute Gasteiger partial charge is 0.374 e. The molecule has 0 unspecified atom stereocenters. The Kier molecular flexibility index (Phi) is 6.37. The molecule has 1 saturated carbocycles. The smallest absolute Gasteiger partial charge is 0.0750 e. The zero-order valence-corrected chi connectivity index (χ0v) is 11.3. The molecule has 0 heterocycles. The molecule has 0 atom stereocenters. The van der Waals surface area contributed by atoms with Crippen LogP contribution in [0.15, 0.2) is 0 Å². The minimum Gasteiger partial charge on any atom is -0.374 e. The zero-order chi connectivity index (χ0) is 11.9. The van der Waals surface area contributed by atoms with Crippen molar-refractivity contribution in [2.75, 3.05) is 19.7 Å². The van der Waals surface area contributed by atoms with Crippen molar-refractivity contribution in [3.05, 3.63) is 0 Å². The van der Waals surface area contributed by atoms with Gasteiger partial charge in [0.15, 0.2) is 0 Å². The highest BCUT2D eigenvalue weighted by molar-refractivity contribution is 4.73. The Labute approximate surface area is 101 Å². The lowest BCUT2D eigenvalue weighted by Gasteiger charge is -2.30. The van der Waals surface area contributed by atoms with Gasteiger partial charge in [-0.15, -0.1) is 0 Å². The molecule has 1 rings (SSSR count). The summed E-state index contributed by atoms with van der Waals surface area (Å²) in [5.41, 5.74) is -0.00732. The van der Waals surface area contributed by atoms with Crippen molar-refractivity contribution >= 4 is 0 Å². The van der Waals surface area contributed by atoms with E-state index in [4.69, 9.17) is 4.74 Å². The fraction of sp³-hybridized carbons (Fsp3) is 1.00. The van der Waals surface area contributed by atoms with Gasteiger partial charge in [-0.05, 0) is 45.6 Å². The molecule has 2 heteroatoms. The molecule has 1 N–H and O–H groups in total. The van der Waals surface area contributed by atoms with E-state index in [9.17, 15) is 0 Å². The van der Waals surface area contributed by atoms with Gasteiger partial charge in [-0.1, -0.05) is 26.2 Å². The Hall–Kier alpha value is -0.0800. The van der Waals surface area contributed by atoms with Gasteiger partial charge >= 0.3 is 0 Å². The normalized spacial score (nSPS) is 18.9. The van der Waals surface area contributed by atoms with E-state index >= 15 is 0 Å². The van der Waals surface area contributed by atoms with E-state index in [1.165, 1.54) is 38.5 Å². The lowest BCUT2D eigenvalue weighted by molar-refractivity contribution is -0.0389.